The van der Waals surface area contributed by atoms with E-state index >= 15 is 0 Å². The second-order valence-electron chi connectivity index (χ2n) is 4.87. The lowest BCUT2D eigenvalue weighted by atomic mass is 9.94. The van der Waals surface area contributed by atoms with Crippen molar-refractivity contribution in [3.05, 3.63) is 0 Å². The molecule has 8 heteroatoms. The van der Waals surface area contributed by atoms with E-state index in [-0.39, 0.29) is 0 Å². The third-order valence-corrected chi connectivity index (χ3v) is 4.54. The van der Waals surface area contributed by atoms with Gasteiger partial charge in [0.05, 0.1) is 0 Å². The predicted molar refractivity (Wildman–Crippen MR) is 53.9 cm³/mol. The summed E-state index contributed by atoms with van der Waals surface area (Å²) in [4.78, 5) is 11.2. The van der Waals surface area contributed by atoms with Crippen LogP contribution in [0.15, 0.2) is 0 Å². The van der Waals surface area contributed by atoms with Gasteiger partial charge in [-0.25, -0.2) is 0 Å². The lowest BCUT2D eigenvalue weighted by Crippen LogP contribution is -2.54. The number of rotatable bonds is 3. The summed E-state index contributed by atoms with van der Waals surface area (Å²) < 4.78 is 55.2. The zero-order valence-electron chi connectivity index (χ0n) is 8.95. The summed E-state index contributed by atoms with van der Waals surface area (Å²) in [6, 6.07) is 0. The average molecular weight is 269 g/mol. The van der Waals surface area contributed by atoms with Gasteiger partial charge >= 0.3 is 21.3 Å². The van der Waals surface area contributed by atoms with E-state index in [1.165, 1.54) is 0 Å². The highest BCUT2D eigenvalue weighted by atomic mass is 32.2. The highest BCUT2D eigenvalue weighted by molar-refractivity contribution is 7.87. The SMILES string of the molecule is O=C(NC12CCC(CC1)C2)C(F)(F)S(=O)(=O)O. The summed E-state index contributed by atoms with van der Waals surface area (Å²) in [5.74, 6) is -1.50. The Labute approximate surface area is 97.3 Å². The minimum atomic E-state index is -5.71. The molecule has 0 heterocycles. The number of carbonyl (C=O) groups excluding carboxylic acids is 1. The number of hydrogen-bond acceptors (Lipinski definition) is 3. The second kappa shape index (κ2) is 3.61. The van der Waals surface area contributed by atoms with Gasteiger partial charge < -0.3 is 5.32 Å². The fourth-order valence-corrected chi connectivity index (χ4v) is 3.08. The van der Waals surface area contributed by atoms with Gasteiger partial charge in [-0.2, -0.15) is 17.2 Å². The molecule has 5 nitrogen and oxygen atoms in total. The van der Waals surface area contributed by atoms with Crippen molar-refractivity contribution < 1.29 is 26.5 Å². The molecule has 2 bridgehead atoms. The normalized spacial score (nSPS) is 32.8. The van der Waals surface area contributed by atoms with Gasteiger partial charge in [-0.1, -0.05) is 0 Å². The van der Waals surface area contributed by atoms with Crippen LogP contribution in [0, 0.1) is 5.92 Å². The maximum Gasteiger partial charge on any atom is 0.446 e. The molecule has 0 unspecified atom stereocenters. The Morgan fingerprint density at radius 2 is 1.88 bits per heavy atom. The van der Waals surface area contributed by atoms with Gasteiger partial charge in [-0.3, -0.25) is 9.35 Å². The highest BCUT2D eigenvalue weighted by Gasteiger charge is 2.56. The smallest absolute Gasteiger partial charge is 0.344 e. The monoisotopic (exact) mass is 269 g/mol. The third kappa shape index (κ3) is 2.03. The van der Waals surface area contributed by atoms with Crippen LogP contribution in [0.3, 0.4) is 0 Å². The maximum atomic E-state index is 13.0. The highest BCUT2D eigenvalue weighted by Crippen LogP contribution is 2.47. The summed E-state index contributed by atoms with van der Waals surface area (Å²) in [7, 11) is -5.71. The molecule has 0 spiro atoms. The molecule has 0 atom stereocenters. The molecule has 0 saturated heterocycles. The van der Waals surface area contributed by atoms with E-state index in [1.807, 2.05) is 0 Å². The molecule has 2 saturated carbocycles. The predicted octanol–water partition coefficient (Wildman–Crippen LogP) is 0.916. The maximum absolute atomic E-state index is 13.0. The van der Waals surface area contributed by atoms with Crippen LogP contribution in [0.25, 0.3) is 0 Å². The molecule has 0 aromatic rings. The first kappa shape index (κ1) is 12.7. The van der Waals surface area contributed by atoms with E-state index in [2.05, 4.69) is 5.32 Å². The van der Waals surface area contributed by atoms with Crippen molar-refractivity contribution in [1.29, 1.82) is 0 Å². The van der Waals surface area contributed by atoms with Crippen LogP contribution in [-0.2, 0) is 14.9 Å². The summed E-state index contributed by atoms with van der Waals surface area (Å²) in [6.07, 6.45) is 3.51. The zero-order valence-corrected chi connectivity index (χ0v) is 9.77. The van der Waals surface area contributed by atoms with Gasteiger partial charge in [0.25, 0.3) is 0 Å². The quantitative estimate of drug-likeness (QED) is 0.746. The molecule has 2 aliphatic carbocycles. The number of alkyl halides is 2. The van der Waals surface area contributed by atoms with Crippen molar-refractivity contribution in [3.63, 3.8) is 0 Å². The molecule has 0 aromatic carbocycles. The van der Waals surface area contributed by atoms with Crippen LogP contribution in [0.5, 0.6) is 0 Å². The van der Waals surface area contributed by atoms with Crippen LogP contribution in [0.2, 0.25) is 0 Å². The second-order valence-corrected chi connectivity index (χ2v) is 6.34. The third-order valence-electron chi connectivity index (χ3n) is 3.71. The molecule has 2 rings (SSSR count). The molecule has 2 fully saturated rings. The van der Waals surface area contributed by atoms with Gasteiger partial charge in [-0.15, -0.1) is 0 Å². The number of amides is 1. The fraction of sp³-hybridized carbons (Fsp3) is 0.889. The molecule has 2 aliphatic rings. The molecule has 0 aromatic heterocycles. The molecule has 1 amide bonds. The van der Waals surface area contributed by atoms with Gasteiger partial charge in [-0.05, 0) is 38.0 Å². The molecule has 0 radical (unpaired) electrons. The van der Waals surface area contributed by atoms with E-state index in [0.29, 0.717) is 25.2 Å². The number of halogens is 2. The molecule has 2 N–H and O–H groups in total. The van der Waals surface area contributed by atoms with Crippen LogP contribution < -0.4 is 5.32 Å². The molecule has 98 valence electrons. The fourth-order valence-electron chi connectivity index (χ4n) is 2.80. The van der Waals surface area contributed by atoms with Gasteiger partial charge in [0.2, 0.25) is 0 Å². The van der Waals surface area contributed by atoms with Crippen molar-refractivity contribution in [2.45, 2.75) is 42.9 Å². The first-order chi connectivity index (χ1) is 7.66. The van der Waals surface area contributed by atoms with E-state index in [1.54, 1.807) is 0 Å². The standard InChI is InChI=1S/C9H13F2NO4S/c10-9(11,17(14,15)16)7(13)12-8-3-1-6(5-8)2-4-8/h6H,1-5H2,(H,12,13)(H,14,15,16). The summed E-state index contributed by atoms with van der Waals surface area (Å²) in [5.41, 5.74) is -0.699. The van der Waals surface area contributed by atoms with Crippen molar-refractivity contribution in [3.8, 4) is 0 Å². The number of nitrogens with one attached hydrogen (secondary N) is 1. The molecule has 0 aliphatic heterocycles. The van der Waals surface area contributed by atoms with Crippen LogP contribution in [0.4, 0.5) is 8.78 Å². The summed E-state index contributed by atoms with van der Waals surface area (Å²) >= 11 is 0. The largest absolute Gasteiger partial charge is 0.446 e. The van der Waals surface area contributed by atoms with E-state index in [0.717, 1.165) is 12.8 Å². The van der Waals surface area contributed by atoms with Crippen molar-refractivity contribution >= 4 is 16.0 Å². The van der Waals surface area contributed by atoms with Crippen molar-refractivity contribution in [1.82, 2.24) is 5.32 Å². The molecule has 17 heavy (non-hydrogen) atoms. The summed E-state index contributed by atoms with van der Waals surface area (Å²) in [5, 5.41) is -2.67. The van der Waals surface area contributed by atoms with Gasteiger partial charge in [0.1, 0.15) is 0 Å². The Hall–Kier alpha value is -0.760. The van der Waals surface area contributed by atoms with Crippen LogP contribution in [0.1, 0.15) is 32.1 Å². The Morgan fingerprint density at radius 1 is 1.35 bits per heavy atom. The minimum absolute atomic E-state index is 0.426. The molecular weight excluding hydrogens is 256 g/mol. The number of carbonyl (C=O) groups is 1. The van der Waals surface area contributed by atoms with Crippen LogP contribution >= 0.6 is 0 Å². The Balaban J connectivity index is 2.12. The lowest BCUT2D eigenvalue weighted by molar-refractivity contribution is -0.138. The zero-order chi connectivity index (χ0) is 12.9. The Bertz CT molecular complexity index is 440. The lowest BCUT2D eigenvalue weighted by Gasteiger charge is -2.29. The van der Waals surface area contributed by atoms with Crippen molar-refractivity contribution in [2.24, 2.45) is 5.92 Å². The first-order valence-electron chi connectivity index (χ1n) is 5.34. The topological polar surface area (TPSA) is 83.5 Å². The van der Waals surface area contributed by atoms with Crippen molar-refractivity contribution in [2.75, 3.05) is 0 Å². The van der Waals surface area contributed by atoms with Gasteiger partial charge in [0.15, 0.2) is 0 Å². The Morgan fingerprint density at radius 3 is 2.24 bits per heavy atom. The molecular formula is C9H13F2NO4S. The van der Waals surface area contributed by atoms with E-state index in [9.17, 15) is 22.0 Å². The minimum Gasteiger partial charge on any atom is -0.344 e. The Kier molecular flexibility index (Phi) is 2.70. The average Bonchev–Trinajstić information content (AvgIpc) is 2.75. The van der Waals surface area contributed by atoms with E-state index in [4.69, 9.17) is 4.55 Å². The number of hydrogen-bond donors (Lipinski definition) is 2. The summed E-state index contributed by atoms with van der Waals surface area (Å²) in [6.45, 7) is 0. The number of fused-ring (bicyclic) bond motifs is 2. The first-order valence-corrected chi connectivity index (χ1v) is 6.78. The van der Waals surface area contributed by atoms with Crippen LogP contribution in [-0.4, -0.2) is 29.7 Å². The van der Waals surface area contributed by atoms with Gasteiger partial charge in [0, 0.05) is 5.54 Å². The van der Waals surface area contributed by atoms with E-state index < -0.39 is 26.8 Å².